The number of nitrogens with zero attached hydrogens (tertiary/aromatic N) is 2. The fourth-order valence-corrected chi connectivity index (χ4v) is 1.81. The first-order chi connectivity index (χ1) is 7.59. The van der Waals surface area contributed by atoms with Crippen LogP contribution in [-0.2, 0) is 0 Å². The molecule has 82 valence electrons. The lowest BCUT2D eigenvalue weighted by Gasteiger charge is -2.08. The Kier molecular flexibility index (Phi) is 2.79. The Morgan fingerprint density at radius 3 is 2.69 bits per heavy atom. The van der Waals surface area contributed by atoms with Crippen LogP contribution in [-0.4, -0.2) is 9.97 Å². The van der Waals surface area contributed by atoms with Crippen molar-refractivity contribution in [2.75, 3.05) is 5.73 Å². The number of benzene rings is 1. The predicted octanol–water partition coefficient (Wildman–Crippen LogP) is 3.00. The van der Waals surface area contributed by atoms with Gasteiger partial charge in [-0.3, -0.25) is 4.98 Å². The molecular weight excluding hydrogens is 222 g/mol. The highest BCUT2D eigenvalue weighted by Gasteiger charge is 2.10. The maximum atomic E-state index is 6.24. The molecule has 0 saturated carbocycles. The van der Waals surface area contributed by atoms with Crippen LogP contribution in [0.3, 0.4) is 0 Å². The van der Waals surface area contributed by atoms with E-state index in [2.05, 4.69) is 9.97 Å². The lowest BCUT2D eigenvalue weighted by Crippen LogP contribution is -1.98. The van der Waals surface area contributed by atoms with Gasteiger partial charge in [0.1, 0.15) is 5.82 Å². The molecule has 0 fully saturated rings. The van der Waals surface area contributed by atoms with E-state index in [0.29, 0.717) is 10.8 Å². The predicted molar refractivity (Wildman–Crippen MR) is 66.4 cm³/mol. The standard InChI is InChI=1S/C12H12ClN3/c1-7-4-3-5-9(11(7)13)12-8(2)16-10(14)6-15-12/h3-6H,1-2H3,(H2,14,16). The molecule has 0 bridgehead atoms. The first kappa shape index (κ1) is 10.9. The third-order valence-electron chi connectivity index (χ3n) is 2.41. The summed E-state index contributed by atoms with van der Waals surface area (Å²) in [5, 5.41) is 0.713. The van der Waals surface area contributed by atoms with Crippen molar-refractivity contribution in [3.8, 4) is 11.3 Å². The molecule has 2 rings (SSSR count). The molecule has 0 amide bonds. The molecule has 0 spiro atoms. The fraction of sp³-hybridized carbons (Fsp3) is 0.167. The number of rotatable bonds is 1. The zero-order valence-electron chi connectivity index (χ0n) is 9.16. The van der Waals surface area contributed by atoms with Gasteiger partial charge >= 0.3 is 0 Å². The summed E-state index contributed by atoms with van der Waals surface area (Å²) in [7, 11) is 0. The quantitative estimate of drug-likeness (QED) is 0.824. The van der Waals surface area contributed by atoms with E-state index in [1.807, 2.05) is 32.0 Å². The number of hydrogen-bond donors (Lipinski definition) is 1. The van der Waals surface area contributed by atoms with Crippen LogP contribution in [0.25, 0.3) is 11.3 Å². The molecular formula is C12H12ClN3. The summed E-state index contributed by atoms with van der Waals surface area (Å²) in [5.41, 5.74) is 9.05. The number of anilines is 1. The van der Waals surface area contributed by atoms with E-state index in [9.17, 15) is 0 Å². The van der Waals surface area contributed by atoms with Crippen molar-refractivity contribution in [3.05, 3.63) is 40.7 Å². The summed E-state index contributed by atoms with van der Waals surface area (Å²) in [6.07, 6.45) is 1.54. The van der Waals surface area contributed by atoms with Gasteiger partial charge in [-0.25, -0.2) is 4.98 Å². The van der Waals surface area contributed by atoms with Gasteiger partial charge in [0, 0.05) is 5.56 Å². The van der Waals surface area contributed by atoms with Gasteiger partial charge in [-0.05, 0) is 19.4 Å². The molecule has 1 aromatic heterocycles. The molecule has 0 radical (unpaired) electrons. The van der Waals surface area contributed by atoms with Crippen LogP contribution in [0.5, 0.6) is 0 Å². The highest BCUT2D eigenvalue weighted by atomic mass is 35.5. The molecule has 3 nitrogen and oxygen atoms in total. The van der Waals surface area contributed by atoms with E-state index in [-0.39, 0.29) is 0 Å². The van der Waals surface area contributed by atoms with E-state index in [1.165, 1.54) is 0 Å². The molecule has 4 heteroatoms. The van der Waals surface area contributed by atoms with E-state index < -0.39 is 0 Å². The van der Waals surface area contributed by atoms with Crippen LogP contribution in [0.1, 0.15) is 11.3 Å². The minimum Gasteiger partial charge on any atom is -0.382 e. The van der Waals surface area contributed by atoms with E-state index in [4.69, 9.17) is 17.3 Å². The van der Waals surface area contributed by atoms with Crippen molar-refractivity contribution in [3.63, 3.8) is 0 Å². The fourth-order valence-electron chi connectivity index (χ4n) is 1.59. The van der Waals surface area contributed by atoms with Crippen molar-refractivity contribution in [2.45, 2.75) is 13.8 Å². The molecule has 0 aliphatic rings. The SMILES string of the molecule is Cc1cccc(-c2ncc(N)nc2C)c1Cl. The van der Waals surface area contributed by atoms with Crippen LogP contribution in [0.15, 0.2) is 24.4 Å². The molecule has 0 unspecified atom stereocenters. The van der Waals surface area contributed by atoms with Gasteiger partial charge in [-0.2, -0.15) is 0 Å². The summed E-state index contributed by atoms with van der Waals surface area (Å²) >= 11 is 6.24. The molecule has 0 aliphatic heterocycles. The number of hydrogen-bond acceptors (Lipinski definition) is 3. The van der Waals surface area contributed by atoms with Gasteiger partial charge < -0.3 is 5.73 Å². The Hall–Kier alpha value is -1.61. The normalized spacial score (nSPS) is 10.4. The second-order valence-electron chi connectivity index (χ2n) is 3.67. The molecule has 0 aliphatic carbocycles. The Labute approximate surface area is 99.3 Å². The third kappa shape index (κ3) is 1.86. The number of aryl methyl sites for hydroxylation is 2. The van der Waals surface area contributed by atoms with Crippen LogP contribution in [0.4, 0.5) is 5.82 Å². The van der Waals surface area contributed by atoms with Gasteiger partial charge in [-0.1, -0.05) is 29.8 Å². The third-order valence-corrected chi connectivity index (χ3v) is 2.91. The largest absolute Gasteiger partial charge is 0.382 e. The van der Waals surface area contributed by atoms with Gasteiger partial charge in [0.25, 0.3) is 0 Å². The maximum absolute atomic E-state index is 6.24. The average Bonchev–Trinajstić information content (AvgIpc) is 2.23. The molecule has 2 N–H and O–H groups in total. The zero-order valence-corrected chi connectivity index (χ0v) is 9.92. The summed E-state index contributed by atoms with van der Waals surface area (Å²) < 4.78 is 0. The second kappa shape index (κ2) is 4.10. The average molecular weight is 234 g/mol. The number of nitrogen functional groups attached to an aromatic ring is 1. The van der Waals surface area contributed by atoms with E-state index in [0.717, 1.165) is 22.5 Å². The van der Waals surface area contributed by atoms with Crippen LogP contribution in [0.2, 0.25) is 5.02 Å². The highest BCUT2D eigenvalue weighted by Crippen LogP contribution is 2.30. The summed E-state index contributed by atoms with van der Waals surface area (Å²) in [4.78, 5) is 8.46. The van der Waals surface area contributed by atoms with Crippen molar-refractivity contribution >= 4 is 17.4 Å². The molecule has 16 heavy (non-hydrogen) atoms. The smallest absolute Gasteiger partial charge is 0.142 e. The van der Waals surface area contributed by atoms with Crippen LogP contribution >= 0.6 is 11.6 Å². The van der Waals surface area contributed by atoms with E-state index >= 15 is 0 Å². The first-order valence-corrected chi connectivity index (χ1v) is 5.32. The highest BCUT2D eigenvalue weighted by molar-refractivity contribution is 6.34. The minimum absolute atomic E-state index is 0.421. The van der Waals surface area contributed by atoms with Gasteiger partial charge in [0.15, 0.2) is 0 Å². The van der Waals surface area contributed by atoms with E-state index in [1.54, 1.807) is 6.20 Å². The summed E-state index contributed by atoms with van der Waals surface area (Å²) in [6.45, 7) is 3.84. The zero-order chi connectivity index (χ0) is 11.7. The lowest BCUT2D eigenvalue weighted by atomic mass is 10.1. The Morgan fingerprint density at radius 1 is 1.25 bits per heavy atom. The maximum Gasteiger partial charge on any atom is 0.142 e. The molecule has 1 heterocycles. The van der Waals surface area contributed by atoms with Crippen molar-refractivity contribution in [2.24, 2.45) is 0 Å². The monoisotopic (exact) mass is 233 g/mol. The first-order valence-electron chi connectivity index (χ1n) is 4.94. The molecule has 0 atom stereocenters. The van der Waals surface area contributed by atoms with Crippen molar-refractivity contribution < 1.29 is 0 Å². The molecule has 0 saturated heterocycles. The Balaban J connectivity index is 2.63. The minimum atomic E-state index is 0.421. The molecule has 1 aromatic carbocycles. The van der Waals surface area contributed by atoms with Crippen LogP contribution < -0.4 is 5.73 Å². The summed E-state index contributed by atoms with van der Waals surface area (Å²) in [5.74, 6) is 0.421. The van der Waals surface area contributed by atoms with Crippen molar-refractivity contribution in [1.29, 1.82) is 0 Å². The summed E-state index contributed by atoms with van der Waals surface area (Å²) in [6, 6.07) is 5.85. The Bertz CT molecular complexity index is 538. The second-order valence-corrected chi connectivity index (χ2v) is 4.04. The van der Waals surface area contributed by atoms with Gasteiger partial charge in [0.05, 0.1) is 22.6 Å². The lowest BCUT2D eigenvalue weighted by molar-refractivity contribution is 1.13. The topological polar surface area (TPSA) is 51.8 Å². The Morgan fingerprint density at radius 2 is 2.00 bits per heavy atom. The van der Waals surface area contributed by atoms with Gasteiger partial charge in [0.2, 0.25) is 0 Å². The number of halogens is 1. The van der Waals surface area contributed by atoms with Gasteiger partial charge in [-0.15, -0.1) is 0 Å². The molecule has 2 aromatic rings. The number of nitrogens with two attached hydrogens (primary N) is 1. The van der Waals surface area contributed by atoms with Crippen molar-refractivity contribution in [1.82, 2.24) is 9.97 Å². The number of aromatic nitrogens is 2. The van der Waals surface area contributed by atoms with Crippen LogP contribution in [0, 0.1) is 13.8 Å².